The minimum Gasteiger partial charge on any atom is -0.488 e. The van der Waals surface area contributed by atoms with Crippen molar-refractivity contribution in [2.45, 2.75) is 0 Å². The normalized spacial score (nSPS) is 12.9. The maximum atomic E-state index is 12.0. The molecule has 0 unspecified atom stereocenters. The lowest BCUT2D eigenvalue weighted by Crippen LogP contribution is -2.10. The Labute approximate surface area is 138 Å². The van der Waals surface area contributed by atoms with E-state index in [0.717, 1.165) is 16.9 Å². The van der Waals surface area contributed by atoms with E-state index in [4.69, 9.17) is 4.74 Å². The number of fused-ring (bicyclic) bond motifs is 1. The third-order valence-corrected chi connectivity index (χ3v) is 3.46. The second-order valence-corrected chi connectivity index (χ2v) is 5.14. The van der Waals surface area contributed by atoms with Crippen molar-refractivity contribution in [3.05, 3.63) is 81.9 Å². The average molecular weight is 322 g/mol. The fourth-order valence-electron chi connectivity index (χ4n) is 2.33. The first kappa shape index (κ1) is 15.5. The van der Waals surface area contributed by atoms with Crippen molar-refractivity contribution < 1.29 is 14.5 Å². The maximum Gasteiger partial charge on any atom is 0.292 e. The molecule has 3 rings (SSSR count). The molecule has 1 amide bonds. The monoisotopic (exact) mass is 322 g/mol. The van der Waals surface area contributed by atoms with E-state index in [1.54, 1.807) is 18.2 Å². The number of ether oxygens (including phenoxy) is 1. The van der Waals surface area contributed by atoms with Gasteiger partial charge in [-0.3, -0.25) is 14.9 Å². The highest BCUT2D eigenvalue weighted by atomic mass is 16.6. The van der Waals surface area contributed by atoms with Crippen LogP contribution in [0.15, 0.2) is 66.3 Å². The number of carbonyl (C=O) groups excluding carboxylic acids is 1. The molecule has 6 heteroatoms. The zero-order chi connectivity index (χ0) is 16.9. The van der Waals surface area contributed by atoms with Gasteiger partial charge in [0.15, 0.2) is 0 Å². The Morgan fingerprint density at radius 2 is 1.92 bits per heavy atom. The summed E-state index contributed by atoms with van der Waals surface area (Å²) in [7, 11) is 0. The second-order valence-electron chi connectivity index (χ2n) is 5.14. The van der Waals surface area contributed by atoms with E-state index >= 15 is 0 Å². The van der Waals surface area contributed by atoms with Gasteiger partial charge in [-0.15, -0.1) is 0 Å². The molecule has 1 aliphatic rings. The standard InChI is InChI=1S/C18H14N2O4/c21-18(19-15-6-2-3-7-16(15)20(22)23)10-9-13-11-14-5-1-4-8-17(14)24-12-13/h1-11H,12H2,(H,19,21)/b10-9+. The Morgan fingerprint density at radius 1 is 1.17 bits per heavy atom. The number of para-hydroxylation sites is 3. The summed E-state index contributed by atoms with van der Waals surface area (Å²) >= 11 is 0. The third kappa shape index (κ3) is 3.49. The molecule has 2 aromatic carbocycles. The van der Waals surface area contributed by atoms with E-state index in [9.17, 15) is 14.9 Å². The van der Waals surface area contributed by atoms with Crippen molar-refractivity contribution >= 4 is 23.4 Å². The smallest absolute Gasteiger partial charge is 0.292 e. The van der Waals surface area contributed by atoms with Gasteiger partial charge in [0.2, 0.25) is 5.91 Å². The number of amides is 1. The molecule has 0 aromatic heterocycles. The van der Waals surface area contributed by atoms with E-state index in [1.807, 2.05) is 30.3 Å². The number of hydrogen-bond donors (Lipinski definition) is 1. The fraction of sp³-hybridized carbons (Fsp3) is 0.0556. The summed E-state index contributed by atoms with van der Waals surface area (Å²) in [6, 6.07) is 13.6. The summed E-state index contributed by atoms with van der Waals surface area (Å²) in [6.45, 7) is 0.367. The van der Waals surface area contributed by atoms with Crippen LogP contribution in [0, 0.1) is 10.1 Å². The van der Waals surface area contributed by atoms with Crippen LogP contribution in [0.5, 0.6) is 5.75 Å². The van der Waals surface area contributed by atoms with Crippen LogP contribution in [0.2, 0.25) is 0 Å². The van der Waals surface area contributed by atoms with Crippen LogP contribution >= 0.6 is 0 Å². The minimum absolute atomic E-state index is 0.145. The van der Waals surface area contributed by atoms with Crippen molar-refractivity contribution in [1.82, 2.24) is 0 Å². The van der Waals surface area contributed by atoms with Crippen molar-refractivity contribution in [3.8, 4) is 5.75 Å². The highest BCUT2D eigenvalue weighted by Crippen LogP contribution is 2.26. The maximum absolute atomic E-state index is 12.0. The number of carbonyl (C=O) groups is 1. The van der Waals surface area contributed by atoms with E-state index in [0.29, 0.717) is 6.61 Å². The number of anilines is 1. The predicted octanol–water partition coefficient (Wildman–Crippen LogP) is 3.57. The minimum atomic E-state index is -0.534. The number of rotatable bonds is 4. The molecule has 120 valence electrons. The molecule has 0 saturated carbocycles. The molecule has 0 fully saturated rings. The largest absolute Gasteiger partial charge is 0.488 e. The van der Waals surface area contributed by atoms with Crippen LogP contribution in [-0.2, 0) is 4.79 Å². The number of hydrogen-bond acceptors (Lipinski definition) is 4. The number of benzene rings is 2. The molecule has 1 aliphatic heterocycles. The molecule has 0 aliphatic carbocycles. The zero-order valence-corrected chi connectivity index (χ0v) is 12.6. The van der Waals surface area contributed by atoms with Crippen molar-refractivity contribution in [1.29, 1.82) is 0 Å². The molecule has 0 atom stereocenters. The summed E-state index contributed by atoms with van der Waals surface area (Å²) in [6.07, 6.45) is 4.91. The van der Waals surface area contributed by atoms with Gasteiger partial charge in [-0.05, 0) is 23.8 Å². The van der Waals surface area contributed by atoms with Crippen LogP contribution in [-0.4, -0.2) is 17.4 Å². The topological polar surface area (TPSA) is 81.5 Å². The lowest BCUT2D eigenvalue weighted by atomic mass is 10.1. The molecule has 6 nitrogen and oxygen atoms in total. The van der Waals surface area contributed by atoms with Gasteiger partial charge in [0.05, 0.1) is 4.92 Å². The van der Waals surface area contributed by atoms with Gasteiger partial charge in [0.1, 0.15) is 18.0 Å². The summed E-state index contributed by atoms with van der Waals surface area (Å²) in [5, 5.41) is 13.5. The Morgan fingerprint density at radius 3 is 2.75 bits per heavy atom. The summed E-state index contributed by atoms with van der Waals surface area (Å²) < 4.78 is 5.60. The number of nitrogens with zero attached hydrogens (tertiary/aromatic N) is 1. The predicted molar refractivity (Wildman–Crippen MR) is 90.8 cm³/mol. The van der Waals surface area contributed by atoms with Gasteiger partial charge in [-0.2, -0.15) is 0 Å². The van der Waals surface area contributed by atoms with E-state index in [1.165, 1.54) is 18.2 Å². The first-order valence-electron chi connectivity index (χ1n) is 7.28. The molecule has 0 bridgehead atoms. The Hall–Kier alpha value is -3.41. The average Bonchev–Trinajstić information content (AvgIpc) is 2.60. The van der Waals surface area contributed by atoms with Crippen LogP contribution in [0.25, 0.3) is 6.08 Å². The van der Waals surface area contributed by atoms with Gasteiger partial charge in [-0.1, -0.05) is 36.4 Å². The highest BCUT2D eigenvalue weighted by Gasteiger charge is 2.14. The van der Waals surface area contributed by atoms with Gasteiger partial charge >= 0.3 is 0 Å². The van der Waals surface area contributed by atoms with E-state index in [-0.39, 0.29) is 11.4 Å². The lowest BCUT2D eigenvalue weighted by molar-refractivity contribution is -0.383. The van der Waals surface area contributed by atoms with Gasteiger partial charge in [-0.25, -0.2) is 0 Å². The number of nitro benzene ring substituents is 1. The summed E-state index contributed by atoms with van der Waals surface area (Å²) in [4.78, 5) is 22.4. The van der Waals surface area contributed by atoms with Crippen LogP contribution < -0.4 is 10.1 Å². The highest BCUT2D eigenvalue weighted by molar-refractivity contribution is 6.01. The summed E-state index contributed by atoms with van der Waals surface area (Å²) in [5.74, 6) is 0.364. The fourth-order valence-corrected chi connectivity index (χ4v) is 2.33. The number of nitrogens with one attached hydrogen (secondary N) is 1. The van der Waals surface area contributed by atoms with E-state index < -0.39 is 10.8 Å². The first-order valence-corrected chi connectivity index (χ1v) is 7.28. The van der Waals surface area contributed by atoms with Gasteiger partial charge < -0.3 is 10.1 Å². The van der Waals surface area contributed by atoms with Crippen molar-refractivity contribution in [3.63, 3.8) is 0 Å². The van der Waals surface area contributed by atoms with E-state index in [2.05, 4.69) is 5.32 Å². The molecule has 1 heterocycles. The Kier molecular flexibility index (Phi) is 4.38. The molecule has 0 spiro atoms. The van der Waals surface area contributed by atoms with Crippen molar-refractivity contribution in [2.24, 2.45) is 0 Å². The lowest BCUT2D eigenvalue weighted by Gasteiger charge is -2.15. The van der Waals surface area contributed by atoms with Gasteiger partial charge in [0, 0.05) is 17.7 Å². The molecule has 24 heavy (non-hydrogen) atoms. The van der Waals surface area contributed by atoms with Crippen LogP contribution in [0.3, 0.4) is 0 Å². The van der Waals surface area contributed by atoms with Crippen molar-refractivity contribution in [2.75, 3.05) is 11.9 Å². The van der Waals surface area contributed by atoms with Crippen LogP contribution in [0.1, 0.15) is 5.56 Å². The molecule has 1 N–H and O–H groups in total. The molecule has 0 radical (unpaired) electrons. The molecular formula is C18H14N2O4. The Bertz CT molecular complexity index is 856. The zero-order valence-electron chi connectivity index (χ0n) is 12.6. The quantitative estimate of drug-likeness (QED) is 0.530. The SMILES string of the molecule is O=C(/C=C/C1=Cc2ccccc2OC1)Nc1ccccc1[N+](=O)[O-]. The Balaban J connectivity index is 1.71. The number of nitro groups is 1. The third-order valence-electron chi connectivity index (χ3n) is 3.46. The molecular weight excluding hydrogens is 308 g/mol. The second kappa shape index (κ2) is 6.78. The molecule has 0 saturated heterocycles. The van der Waals surface area contributed by atoms with Gasteiger partial charge in [0.25, 0.3) is 5.69 Å². The first-order chi connectivity index (χ1) is 11.6. The van der Waals surface area contributed by atoms with Crippen LogP contribution in [0.4, 0.5) is 11.4 Å². The molecule has 2 aromatic rings. The summed E-state index contributed by atoms with van der Waals surface area (Å²) in [5.41, 5.74) is 1.80.